The summed E-state index contributed by atoms with van der Waals surface area (Å²) in [4.78, 5) is 13.7. The molecule has 2 heterocycles. The first-order valence-corrected chi connectivity index (χ1v) is 6.35. The maximum atomic E-state index is 11.9. The van der Waals surface area contributed by atoms with Gasteiger partial charge in [0.1, 0.15) is 12.7 Å². The fourth-order valence-electron chi connectivity index (χ4n) is 2.51. The Morgan fingerprint density at radius 1 is 1.39 bits per heavy atom. The molecule has 2 saturated heterocycles. The SMILES string of the molecule is CC1CN(C(=O)OCc2ccccc2)CC2OC12. The van der Waals surface area contributed by atoms with Crippen LogP contribution in [0.15, 0.2) is 30.3 Å². The van der Waals surface area contributed by atoms with Crippen LogP contribution in [0, 0.1) is 5.92 Å². The Bertz CT molecular complexity index is 434. The van der Waals surface area contributed by atoms with Gasteiger partial charge in [0.25, 0.3) is 0 Å². The number of benzene rings is 1. The molecule has 3 unspecified atom stereocenters. The summed E-state index contributed by atoms with van der Waals surface area (Å²) in [5.74, 6) is 0.410. The highest BCUT2D eigenvalue weighted by Crippen LogP contribution is 2.35. The third-order valence-electron chi connectivity index (χ3n) is 3.55. The Balaban J connectivity index is 1.52. The van der Waals surface area contributed by atoms with Crippen LogP contribution in [0.1, 0.15) is 12.5 Å². The van der Waals surface area contributed by atoms with Crippen molar-refractivity contribution in [2.45, 2.75) is 25.7 Å². The average molecular weight is 247 g/mol. The second-order valence-electron chi connectivity index (χ2n) is 5.06. The summed E-state index contributed by atoms with van der Waals surface area (Å²) < 4.78 is 10.8. The van der Waals surface area contributed by atoms with Crippen molar-refractivity contribution < 1.29 is 14.3 Å². The predicted molar refractivity (Wildman–Crippen MR) is 66.0 cm³/mol. The van der Waals surface area contributed by atoms with Crippen LogP contribution in [-0.2, 0) is 16.1 Å². The Labute approximate surface area is 106 Å². The van der Waals surface area contributed by atoms with Crippen LogP contribution in [0.3, 0.4) is 0 Å². The number of rotatable bonds is 2. The second-order valence-corrected chi connectivity index (χ2v) is 5.06. The first-order chi connectivity index (χ1) is 8.74. The molecule has 4 nitrogen and oxygen atoms in total. The molecule has 4 heteroatoms. The van der Waals surface area contributed by atoms with E-state index in [9.17, 15) is 4.79 Å². The van der Waals surface area contributed by atoms with E-state index in [0.717, 1.165) is 12.1 Å². The molecular formula is C14H17NO3. The second kappa shape index (κ2) is 4.61. The number of carbonyl (C=O) groups is 1. The largest absolute Gasteiger partial charge is 0.445 e. The number of ether oxygens (including phenoxy) is 2. The van der Waals surface area contributed by atoms with Crippen molar-refractivity contribution in [3.8, 4) is 0 Å². The molecule has 0 bridgehead atoms. The molecule has 0 aliphatic carbocycles. The number of piperidine rings is 1. The summed E-state index contributed by atoms with van der Waals surface area (Å²) in [6.07, 6.45) is 0.362. The zero-order valence-corrected chi connectivity index (χ0v) is 10.4. The molecular weight excluding hydrogens is 230 g/mol. The lowest BCUT2D eigenvalue weighted by Gasteiger charge is -2.27. The summed E-state index contributed by atoms with van der Waals surface area (Å²) in [5, 5.41) is 0. The molecule has 0 spiro atoms. The van der Waals surface area contributed by atoms with Crippen LogP contribution >= 0.6 is 0 Å². The molecule has 1 aromatic rings. The number of hydrogen-bond acceptors (Lipinski definition) is 3. The highest BCUT2D eigenvalue weighted by Gasteiger charge is 2.49. The van der Waals surface area contributed by atoms with Crippen LogP contribution in [0.2, 0.25) is 0 Å². The van der Waals surface area contributed by atoms with Gasteiger partial charge in [-0.25, -0.2) is 4.79 Å². The summed E-state index contributed by atoms with van der Waals surface area (Å²) >= 11 is 0. The molecule has 18 heavy (non-hydrogen) atoms. The maximum Gasteiger partial charge on any atom is 0.410 e. The van der Waals surface area contributed by atoms with Gasteiger partial charge in [-0.15, -0.1) is 0 Å². The van der Waals surface area contributed by atoms with E-state index in [2.05, 4.69) is 6.92 Å². The number of fused-ring (bicyclic) bond motifs is 1. The van der Waals surface area contributed by atoms with E-state index in [1.807, 2.05) is 30.3 Å². The van der Waals surface area contributed by atoms with E-state index in [1.54, 1.807) is 4.90 Å². The number of carbonyl (C=O) groups excluding carboxylic acids is 1. The predicted octanol–water partition coefficient (Wildman–Crippen LogP) is 2.04. The Morgan fingerprint density at radius 2 is 2.17 bits per heavy atom. The van der Waals surface area contributed by atoms with Crippen LogP contribution in [0.25, 0.3) is 0 Å². The lowest BCUT2D eigenvalue weighted by molar-refractivity contribution is 0.0861. The van der Waals surface area contributed by atoms with Crippen LogP contribution in [-0.4, -0.2) is 36.3 Å². The zero-order valence-electron chi connectivity index (χ0n) is 10.4. The normalized spacial score (nSPS) is 29.6. The van der Waals surface area contributed by atoms with Crippen molar-refractivity contribution in [1.82, 2.24) is 4.90 Å². The van der Waals surface area contributed by atoms with Crippen molar-refractivity contribution in [3.63, 3.8) is 0 Å². The minimum atomic E-state index is -0.236. The van der Waals surface area contributed by atoms with Gasteiger partial charge in [-0.3, -0.25) is 0 Å². The minimum Gasteiger partial charge on any atom is -0.445 e. The zero-order chi connectivity index (χ0) is 12.5. The molecule has 2 aliphatic heterocycles. The van der Waals surface area contributed by atoms with Crippen molar-refractivity contribution in [3.05, 3.63) is 35.9 Å². The standard InChI is InChI=1S/C14H17NO3/c1-10-7-15(8-12-13(10)18-12)14(16)17-9-11-5-3-2-4-6-11/h2-6,10,12-13H,7-9H2,1H3. The molecule has 0 radical (unpaired) electrons. The summed E-state index contributed by atoms with van der Waals surface area (Å²) in [6, 6.07) is 9.73. The lowest BCUT2D eigenvalue weighted by Crippen LogP contribution is -2.43. The van der Waals surface area contributed by atoms with Gasteiger partial charge in [0.15, 0.2) is 0 Å². The third kappa shape index (κ3) is 2.34. The highest BCUT2D eigenvalue weighted by atomic mass is 16.6. The number of epoxide rings is 1. The third-order valence-corrected chi connectivity index (χ3v) is 3.55. The Kier molecular flexibility index (Phi) is 2.96. The van der Waals surface area contributed by atoms with E-state index in [1.165, 1.54) is 0 Å². The van der Waals surface area contributed by atoms with Crippen LogP contribution in [0.4, 0.5) is 4.79 Å². The lowest BCUT2D eigenvalue weighted by atomic mass is 10.0. The van der Waals surface area contributed by atoms with Gasteiger partial charge in [0, 0.05) is 12.5 Å². The summed E-state index contributed by atoms with van der Waals surface area (Å²) in [5.41, 5.74) is 1.01. The van der Waals surface area contributed by atoms with E-state index >= 15 is 0 Å². The molecule has 2 aliphatic rings. The molecule has 0 saturated carbocycles. The molecule has 96 valence electrons. The van der Waals surface area contributed by atoms with Crippen molar-refractivity contribution in [2.24, 2.45) is 5.92 Å². The van der Waals surface area contributed by atoms with E-state index in [0.29, 0.717) is 25.2 Å². The van der Waals surface area contributed by atoms with Crippen molar-refractivity contribution in [1.29, 1.82) is 0 Å². The van der Waals surface area contributed by atoms with Gasteiger partial charge in [0.2, 0.25) is 0 Å². The monoisotopic (exact) mass is 247 g/mol. The molecule has 1 aromatic carbocycles. The Morgan fingerprint density at radius 3 is 2.89 bits per heavy atom. The molecule has 0 N–H and O–H groups in total. The molecule has 1 amide bonds. The molecule has 3 atom stereocenters. The molecule has 2 fully saturated rings. The van der Waals surface area contributed by atoms with Crippen molar-refractivity contribution in [2.75, 3.05) is 13.1 Å². The number of hydrogen-bond donors (Lipinski definition) is 0. The topological polar surface area (TPSA) is 42.1 Å². The van der Waals surface area contributed by atoms with Crippen LogP contribution in [0.5, 0.6) is 0 Å². The van der Waals surface area contributed by atoms with E-state index in [-0.39, 0.29) is 12.2 Å². The smallest absolute Gasteiger partial charge is 0.410 e. The van der Waals surface area contributed by atoms with E-state index in [4.69, 9.17) is 9.47 Å². The van der Waals surface area contributed by atoms with E-state index < -0.39 is 0 Å². The van der Waals surface area contributed by atoms with Gasteiger partial charge >= 0.3 is 6.09 Å². The highest BCUT2D eigenvalue weighted by molar-refractivity contribution is 5.68. The summed E-state index contributed by atoms with van der Waals surface area (Å²) in [7, 11) is 0. The first kappa shape index (κ1) is 11.5. The fraction of sp³-hybridized carbons (Fsp3) is 0.500. The van der Waals surface area contributed by atoms with Gasteiger partial charge in [-0.2, -0.15) is 0 Å². The molecule has 0 aromatic heterocycles. The average Bonchev–Trinajstić information content (AvgIpc) is 3.17. The van der Waals surface area contributed by atoms with Gasteiger partial charge in [0.05, 0.1) is 12.6 Å². The van der Waals surface area contributed by atoms with Crippen LogP contribution < -0.4 is 0 Å². The van der Waals surface area contributed by atoms with Gasteiger partial charge in [-0.1, -0.05) is 37.3 Å². The number of amides is 1. The number of likely N-dealkylation sites (tertiary alicyclic amines) is 1. The van der Waals surface area contributed by atoms with Gasteiger partial charge < -0.3 is 14.4 Å². The Hall–Kier alpha value is -1.55. The van der Waals surface area contributed by atoms with Gasteiger partial charge in [-0.05, 0) is 5.56 Å². The number of nitrogens with zero attached hydrogens (tertiary/aromatic N) is 1. The molecule has 3 rings (SSSR count). The maximum absolute atomic E-state index is 11.9. The fourth-order valence-corrected chi connectivity index (χ4v) is 2.51. The summed E-state index contributed by atoms with van der Waals surface area (Å²) in [6.45, 7) is 3.85. The van der Waals surface area contributed by atoms with Crippen molar-refractivity contribution >= 4 is 6.09 Å². The minimum absolute atomic E-state index is 0.234. The first-order valence-electron chi connectivity index (χ1n) is 6.35. The quantitative estimate of drug-likeness (QED) is 0.751.